The van der Waals surface area contributed by atoms with Gasteiger partial charge in [0.1, 0.15) is 5.82 Å². The van der Waals surface area contributed by atoms with Crippen molar-refractivity contribution in [3.63, 3.8) is 0 Å². The van der Waals surface area contributed by atoms with Gasteiger partial charge in [0.2, 0.25) is 0 Å². The third kappa shape index (κ3) is 2.58. The highest BCUT2D eigenvalue weighted by atomic mass is 32.2. The smallest absolute Gasteiger partial charge is 0.123 e. The number of nitrogens with two attached hydrogens (primary N) is 1. The van der Waals surface area contributed by atoms with Gasteiger partial charge in [-0.1, -0.05) is 12.5 Å². The zero-order valence-corrected chi connectivity index (χ0v) is 10.4. The minimum atomic E-state index is -0.183. The first-order valence-corrected chi connectivity index (χ1v) is 6.86. The molecule has 3 heteroatoms. The summed E-state index contributed by atoms with van der Waals surface area (Å²) >= 11 is 1.93. The molecule has 0 aromatic heterocycles. The van der Waals surface area contributed by atoms with E-state index in [1.54, 1.807) is 6.07 Å². The lowest BCUT2D eigenvalue weighted by atomic mass is 9.96. The second-order valence-electron chi connectivity index (χ2n) is 4.43. The average Bonchev–Trinajstić information content (AvgIpc) is 2.32. The third-order valence-corrected chi connectivity index (χ3v) is 4.70. The summed E-state index contributed by atoms with van der Waals surface area (Å²) in [5.74, 6) is 1.00. The van der Waals surface area contributed by atoms with Crippen LogP contribution in [0.3, 0.4) is 0 Å². The van der Waals surface area contributed by atoms with E-state index in [2.05, 4.69) is 0 Å². The molecule has 0 radical (unpaired) electrons. The number of thioether (sulfide) groups is 1. The molecule has 1 aliphatic rings. The van der Waals surface area contributed by atoms with E-state index >= 15 is 0 Å². The predicted molar refractivity (Wildman–Crippen MR) is 68.2 cm³/mol. The van der Waals surface area contributed by atoms with Crippen molar-refractivity contribution in [2.24, 2.45) is 5.73 Å². The fourth-order valence-electron chi connectivity index (χ4n) is 2.22. The zero-order valence-electron chi connectivity index (χ0n) is 9.58. The molecule has 1 aromatic rings. The molecule has 0 spiro atoms. The van der Waals surface area contributed by atoms with Crippen LogP contribution in [0.15, 0.2) is 18.2 Å². The number of aryl methyl sites for hydroxylation is 1. The molecule has 1 heterocycles. The molecule has 1 aliphatic heterocycles. The van der Waals surface area contributed by atoms with E-state index in [9.17, 15) is 4.39 Å². The maximum absolute atomic E-state index is 13.2. The summed E-state index contributed by atoms with van der Waals surface area (Å²) in [4.78, 5) is 0. The van der Waals surface area contributed by atoms with Crippen molar-refractivity contribution < 1.29 is 4.39 Å². The summed E-state index contributed by atoms with van der Waals surface area (Å²) < 4.78 is 13.2. The molecule has 2 rings (SSSR count). The molecule has 0 saturated carbocycles. The predicted octanol–water partition coefficient (Wildman–Crippen LogP) is 3.42. The Labute approximate surface area is 101 Å². The lowest BCUT2D eigenvalue weighted by Gasteiger charge is -2.28. The fourth-order valence-corrected chi connectivity index (χ4v) is 3.58. The molecule has 2 unspecified atom stereocenters. The van der Waals surface area contributed by atoms with Gasteiger partial charge in [0.05, 0.1) is 0 Å². The van der Waals surface area contributed by atoms with Crippen LogP contribution in [-0.2, 0) is 0 Å². The van der Waals surface area contributed by atoms with E-state index < -0.39 is 0 Å². The molecule has 0 bridgehead atoms. The lowest BCUT2D eigenvalue weighted by Crippen LogP contribution is -2.27. The van der Waals surface area contributed by atoms with Crippen molar-refractivity contribution in [1.29, 1.82) is 0 Å². The van der Waals surface area contributed by atoms with Crippen LogP contribution >= 0.6 is 11.8 Å². The molecule has 2 N–H and O–H groups in total. The number of benzene rings is 1. The summed E-state index contributed by atoms with van der Waals surface area (Å²) in [7, 11) is 0. The van der Waals surface area contributed by atoms with Crippen LogP contribution in [0.1, 0.15) is 36.4 Å². The second-order valence-corrected chi connectivity index (χ2v) is 5.78. The second kappa shape index (κ2) is 5.19. The van der Waals surface area contributed by atoms with Crippen molar-refractivity contribution in [3.05, 3.63) is 35.1 Å². The molecular formula is C13H18FNS. The van der Waals surface area contributed by atoms with Crippen LogP contribution < -0.4 is 5.73 Å². The quantitative estimate of drug-likeness (QED) is 0.855. The Bertz CT molecular complexity index is 361. The van der Waals surface area contributed by atoms with Crippen molar-refractivity contribution >= 4 is 11.8 Å². The van der Waals surface area contributed by atoms with E-state index in [1.807, 2.05) is 24.8 Å². The molecule has 1 aromatic carbocycles. The first-order valence-electron chi connectivity index (χ1n) is 5.81. The number of hydrogen-bond acceptors (Lipinski definition) is 2. The van der Waals surface area contributed by atoms with Crippen molar-refractivity contribution in [1.82, 2.24) is 0 Å². The average molecular weight is 239 g/mol. The molecule has 1 fully saturated rings. The Balaban J connectivity index is 2.18. The van der Waals surface area contributed by atoms with Gasteiger partial charge in [-0.15, -0.1) is 0 Å². The monoisotopic (exact) mass is 239 g/mol. The third-order valence-electron chi connectivity index (χ3n) is 3.22. The van der Waals surface area contributed by atoms with Gasteiger partial charge in [0, 0.05) is 11.3 Å². The Hall–Kier alpha value is -0.540. The number of halogens is 1. The Morgan fingerprint density at radius 1 is 1.44 bits per heavy atom. The highest BCUT2D eigenvalue weighted by molar-refractivity contribution is 8.00. The van der Waals surface area contributed by atoms with Crippen LogP contribution in [0.2, 0.25) is 0 Å². The largest absolute Gasteiger partial charge is 0.323 e. The topological polar surface area (TPSA) is 26.0 Å². The zero-order chi connectivity index (χ0) is 11.5. The van der Waals surface area contributed by atoms with Gasteiger partial charge in [-0.3, -0.25) is 0 Å². The first-order chi connectivity index (χ1) is 7.68. The minimum Gasteiger partial charge on any atom is -0.323 e. The summed E-state index contributed by atoms with van der Waals surface area (Å²) in [5, 5.41) is 0.453. The van der Waals surface area contributed by atoms with Gasteiger partial charge in [0.15, 0.2) is 0 Å². The van der Waals surface area contributed by atoms with Gasteiger partial charge in [0.25, 0.3) is 0 Å². The van der Waals surface area contributed by atoms with Crippen LogP contribution in [0.4, 0.5) is 4.39 Å². The molecule has 88 valence electrons. The maximum atomic E-state index is 13.2. The van der Waals surface area contributed by atoms with Crippen molar-refractivity contribution in [2.45, 2.75) is 37.5 Å². The molecule has 0 amide bonds. The maximum Gasteiger partial charge on any atom is 0.123 e. The normalized spacial score (nSPS) is 23.1. The van der Waals surface area contributed by atoms with Gasteiger partial charge >= 0.3 is 0 Å². The molecule has 1 nitrogen and oxygen atoms in total. The Kier molecular flexibility index (Phi) is 3.87. The van der Waals surface area contributed by atoms with Crippen LogP contribution in [-0.4, -0.2) is 11.0 Å². The molecule has 2 atom stereocenters. The standard InChI is InChI=1S/C13H18FNS/c1-9-5-6-10(14)8-11(9)13(15)12-4-2-3-7-16-12/h5-6,8,12-13H,2-4,7,15H2,1H3. The molecule has 0 aliphatic carbocycles. The molecule has 1 saturated heterocycles. The van der Waals surface area contributed by atoms with Gasteiger partial charge in [-0.2, -0.15) is 11.8 Å². The van der Waals surface area contributed by atoms with Crippen molar-refractivity contribution in [3.8, 4) is 0 Å². The van der Waals surface area contributed by atoms with Gasteiger partial charge < -0.3 is 5.73 Å². The Morgan fingerprint density at radius 3 is 2.94 bits per heavy atom. The van der Waals surface area contributed by atoms with Crippen LogP contribution in [0.5, 0.6) is 0 Å². The summed E-state index contributed by atoms with van der Waals surface area (Å²) in [5.41, 5.74) is 8.32. The number of hydrogen-bond donors (Lipinski definition) is 1. The minimum absolute atomic E-state index is 0.0269. The van der Waals surface area contributed by atoms with Crippen LogP contribution in [0.25, 0.3) is 0 Å². The summed E-state index contributed by atoms with van der Waals surface area (Å²) in [6, 6.07) is 4.88. The lowest BCUT2D eigenvalue weighted by molar-refractivity contribution is 0.571. The highest BCUT2D eigenvalue weighted by Crippen LogP contribution is 2.34. The summed E-state index contributed by atoms with van der Waals surface area (Å²) in [6.07, 6.45) is 3.69. The first kappa shape index (κ1) is 11.9. The molecular weight excluding hydrogens is 221 g/mol. The SMILES string of the molecule is Cc1ccc(F)cc1C(N)C1CCCCS1. The van der Waals surface area contributed by atoms with E-state index in [0.29, 0.717) is 5.25 Å². The molecule has 16 heavy (non-hydrogen) atoms. The fraction of sp³-hybridized carbons (Fsp3) is 0.538. The van der Waals surface area contributed by atoms with E-state index in [0.717, 1.165) is 17.5 Å². The van der Waals surface area contributed by atoms with Crippen LogP contribution in [0, 0.1) is 12.7 Å². The van der Waals surface area contributed by atoms with E-state index in [1.165, 1.54) is 24.7 Å². The van der Waals surface area contributed by atoms with E-state index in [4.69, 9.17) is 5.73 Å². The Morgan fingerprint density at radius 2 is 2.25 bits per heavy atom. The van der Waals surface area contributed by atoms with E-state index in [-0.39, 0.29) is 11.9 Å². The van der Waals surface area contributed by atoms with Gasteiger partial charge in [-0.05, 0) is 48.8 Å². The number of rotatable bonds is 2. The summed E-state index contributed by atoms with van der Waals surface area (Å²) in [6.45, 7) is 2.00. The van der Waals surface area contributed by atoms with Gasteiger partial charge in [-0.25, -0.2) is 4.39 Å². The van der Waals surface area contributed by atoms with Crippen molar-refractivity contribution in [2.75, 3.05) is 5.75 Å². The highest BCUT2D eigenvalue weighted by Gasteiger charge is 2.23.